The summed E-state index contributed by atoms with van der Waals surface area (Å²) in [6.45, 7) is 4.87. The van der Waals surface area contributed by atoms with Crippen LogP contribution in [-0.2, 0) is 4.79 Å². The van der Waals surface area contributed by atoms with Gasteiger partial charge in [-0.3, -0.25) is 4.79 Å². The zero-order valence-corrected chi connectivity index (χ0v) is 9.96. The van der Waals surface area contributed by atoms with Gasteiger partial charge in [0.2, 0.25) is 5.91 Å². The average molecular weight is 212 g/mol. The van der Waals surface area contributed by atoms with E-state index in [4.69, 9.17) is 5.73 Å². The van der Waals surface area contributed by atoms with Crippen LogP contribution in [0.1, 0.15) is 46.0 Å². The number of nitrogens with one attached hydrogen (secondary N) is 1. The maximum atomic E-state index is 11.4. The molecule has 3 nitrogen and oxygen atoms in total. The molecule has 0 saturated carbocycles. The molecule has 0 aliphatic carbocycles. The third-order valence-corrected chi connectivity index (χ3v) is 2.17. The van der Waals surface area contributed by atoms with Gasteiger partial charge in [-0.2, -0.15) is 0 Å². The standard InChI is InChI=1S/C12H24N2O/c1-3-5-6-7-8-10-14-12(15)11(13)9-4-2/h6-7,11H,3-5,8-10,13H2,1-2H3,(H,14,15)/t11-/m0/s1. The lowest BCUT2D eigenvalue weighted by Crippen LogP contribution is -2.40. The van der Waals surface area contributed by atoms with Crippen LogP contribution >= 0.6 is 0 Å². The average Bonchev–Trinajstić information content (AvgIpc) is 2.23. The molecular weight excluding hydrogens is 188 g/mol. The van der Waals surface area contributed by atoms with E-state index in [1.165, 1.54) is 6.42 Å². The molecule has 0 aromatic carbocycles. The van der Waals surface area contributed by atoms with E-state index >= 15 is 0 Å². The van der Waals surface area contributed by atoms with Crippen LogP contribution in [0.3, 0.4) is 0 Å². The molecule has 0 aliphatic rings. The molecule has 3 N–H and O–H groups in total. The molecule has 0 unspecified atom stereocenters. The summed E-state index contributed by atoms with van der Waals surface area (Å²) in [6.07, 6.45) is 9.15. The van der Waals surface area contributed by atoms with Crippen molar-refractivity contribution in [1.82, 2.24) is 5.32 Å². The smallest absolute Gasteiger partial charge is 0.236 e. The van der Waals surface area contributed by atoms with Gasteiger partial charge in [0.1, 0.15) is 0 Å². The molecule has 1 atom stereocenters. The molecule has 0 aliphatic heterocycles. The van der Waals surface area contributed by atoms with Gasteiger partial charge in [-0.1, -0.05) is 38.8 Å². The highest BCUT2D eigenvalue weighted by molar-refractivity contribution is 5.81. The van der Waals surface area contributed by atoms with Crippen molar-refractivity contribution < 1.29 is 4.79 Å². The maximum Gasteiger partial charge on any atom is 0.236 e. The Hall–Kier alpha value is -0.830. The minimum atomic E-state index is -0.338. The molecular formula is C12H24N2O. The summed E-state index contributed by atoms with van der Waals surface area (Å²) in [7, 11) is 0. The Morgan fingerprint density at radius 2 is 1.93 bits per heavy atom. The SMILES string of the molecule is CCCC=CCCNC(=O)[C@@H](N)CCC. The van der Waals surface area contributed by atoms with Crippen molar-refractivity contribution >= 4 is 5.91 Å². The second-order valence-corrected chi connectivity index (χ2v) is 3.73. The molecule has 0 rings (SSSR count). The lowest BCUT2D eigenvalue weighted by atomic mass is 10.1. The van der Waals surface area contributed by atoms with Gasteiger partial charge in [-0.15, -0.1) is 0 Å². The largest absolute Gasteiger partial charge is 0.354 e. The molecule has 0 spiro atoms. The normalized spacial score (nSPS) is 13.0. The predicted octanol–water partition coefficient (Wildman–Crippen LogP) is 1.98. The Bertz CT molecular complexity index is 190. The summed E-state index contributed by atoms with van der Waals surface area (Å²) in [6, 6.07) is -0.338. The van der Waals surface area contributed by atoms with Crippen LogP contribution in [0.2, 0.25) is 0 Å². The number of hydrogen-bond donors (Lipinski definition) is 2. The second kappa shape index (κ2) is 9.71. The van der Waals surface area contributed by atoms with Gasteiger partial charge < -0.3 is 11.1 Å². The van der Waals surface area contributed by atoms with Crippen molar-refractivity contribution in [3.8, 4) is 0 Å². The highest BCUT2D eigenvalue weighted by atomic mass is 16.2. The third-order valence-electron chi connectivity index (χ3n) is 2.17. The first-order valence-corrected chi connectivity index (χ1v) is 5.90. The summed E-state index contributed by atoms with van der Waals surface area (Å²) < 4.78 is 0. The van der Waals surface area contributed by atoms with Gasteiger partial charge in [0.25, 0.3) is 0 Å². The van der Waals surface area contributed by atoms with Crippen LogP contribution in [0, 0.1) is 0 Å². The van der Waals surface area contributed by atoms with E-state index in [0.717, 1.165) is 25.7 Å². The Morgan fingerprint density at radius 3 is 2.53 bits per heavy atom. The molecule has 88 valence electrons. The molecule has 0 radical (unpaired) electrons. The van der Waals surface area contributed by atoms with Gasteiger partial charge in [-0.05, 0) is 19.3 Å². The van der Waals surface area contributed by atoms with Gasteiger partial charge in [0, 0.05) is 6.54 Å². The fourth-order valence-electron chi connectivity index (χ4n) is 1.25. The predicted molar refractivity (Wildman–Crippen MR) is 64.6 cm³/mol. The maximum absolute atomic E-state index is 11.4. The number of carbonyl (C=O) groups excluding carboxylic acids is 1. The molecule has 0 fully saturated rings. The molecule has 15 heavy (non-hydrogen) atoms. The molecule has 0 bridgehead atoms. The van der Waals surface area contributed by atoms with Gasteiger partial charge >= 0.3 is 0 Å². The van der Waals surface area contributed by atoms with Crippen molar-refractivity contribution in [2.45, 2.75) is 52.0 Å². The summed E-state index contributed by atoms with van der Waals surface area (Å²) in [5.41, 5.74) is 5.66. The van der Waals surface area contributed by atoms with E-state index in [-0.39, 0.29) is 11.9 Å². The van der Waals surface area contributed by atoms with E-state index in [1.54, 1.807) is 0 Å². The number of carbonyl (C=O) groups is 1. The second-order valence-electron chi connectivity index (χ2n) is 3.73. The lowest BCUT2D eigenvalue weighted by molar-refractivity contribution is -0.122. The number of hydrogen-bond acceptors (Lipinski definition) is 2. The number of allylic oxidation sites excluding steroid dienone is 1. The molecule has 0 aromatic heterocycles. The number of amides is 1. The number of nitrogens with two attached hydrogens (primary N) is 1. The summed E-state index contributed by atoms with van der Waals surface area (Å²) in [5, 5.41) is 2.83. The zero-order valence-electron chi connectivity index (χ0n) is 9.96. The third kappa shape index (κ3) is 8.18. The Labute approximate surface area is 93.1 Å². The fraction of sp³-hybridized carbons (Fsp3) is 0.750. The molecule has 1 amide bonds. The van der Waals surface area contributed by atoms with Crippen molar-refractivity contribution in [3.05, 3.63) is 12.2 Å². The van der Waals surface area contributed by atoms with Crippen LogP contribution in [0.5, 0.6) is 0 Å². The summed E-state index contributed by atoms with van der Waals surface area (Å²) in [5.74, 6) is -0.0271. The van der Waals surface area contributed by atoms with Gasteiger partial charge in [-0.25, -0.2) is 0 Å². The van der Waals surface area contributed by atoms with Gasteiger partial charge in [0.15, 0.2) is 0 Å². The zero-order chi connectivity index (χ0) is 11.5. The van der Waals surface area contributed by atoms with E-state index in [0.29, 0.717) is 6.54 Å². The minimum absolute atomic E-state index is 0.0271. The van der Waals surface area contributed by atoms with Crippen LogP contribution in [-0.4, -0.2) is 18.5 Å². The van der Waals surface area contributed by atoms with Crippen molar-refractivity contribution in [2.75, 3.05) is 6.54 Å². The number of unbranched alkanes of at least 4 members (excludes halogenated alkanes) is 1. The van der Waals surface area contributed by atoms with Crippen molar-refractivity contribution in [1.29, 1.82) is 0 Å². The quantitative estimate of drug-likeness (QED) is 0.477. The molecule has 3 heteroatoms. The van der Waals surface area contributed by atoms with E-state index in [1.807, 2.05) is 6.92 Å². The number of rotatable bonds is 8. The highest BCUT2D eigenvalue weighted by Crippen LogP contribution is 1.93. The first-order valence-electron chi connectivity index (χ1n) is 5.90. The van der Waals surface area contributed by atoms with Crippen molar-refractivity contribution in [2.24, 2.45) is 5.73 Å². The fourth-order valence-corrected chi connectivity index (χ4v) is 1.25. The van der Waals surface area contributed by atoms with E-state index < -0.39 is 0 Å². The van der Waals surface area contributed by atoms with E-state index in [9.17, 15) is 4.79 Å². The summed E-state index contributed by atoms with van der Waals surface area (Å²) in [4.78, 5) is 11.4. The Balaban J connectivity index is 3.46. The first-order chi connectivity index (χ1) is 7.22. The van der Waals surface area contributed by atoms with Crippen LogP contribution in [0.15, 0.2) is 12.2 Å². The lowest BCUT2D eigenvalue weighted by Gasteiger charge is -2.09. The first kappa shape index (κ1) is 14.2. The van der Waals surface area contributed by atoms with Crippen LogP contribution in [0.4, 0.5) is 0 Å². The Morgan fingerprint density at radius 1 is 1.27 bits per heavy atom. The van der Waals surface area contributed by atoms with Crippen molar-refractivity contribution in [3.63, 3.8) is 0 Å². The Kier molecular flexibility index (Phi) is 9.18. The monoisotopic (exact) mass is 212 g/mol. The van der Waals surface area contributed by atoms with Crippen LogP contribution in [0.25, 0.3) is 0 Å². The molecule has 0 heterocycles. The summed E-state index contributed by atoms with van der Waals surface area (Å²) >= 11 is 0. The van der Waals surface area contributed by atoms with E-state index in [2.05, 4.69) is 24.4 Å². The van der Waals surface area contributed by atoms with Gasteiger partial charge in [0.05, 0.1) is 6.04 Å². The molecule has 0 saturated heterocycles. The molecule has 0 aromatic rings. The van der Waals surface area contributed by atoms with Crippen LogP contribution < -0.4 is 11.1 Å². The minimum Gasteiger partial charge on any atom is -0.354 e. The highest BCUT2D eigenvalue weighted by Gasteiger charge is 2.10. The topological polar surface area (TPSA) is 55.1 Å².